The first-order valence-corrected chi connectivity index (χ1v) is 5.83. The lowest BCUT2D eigenvalue weighted by molar-refractivity contribution is 0.630. The Bertz CT molecular complexity index is 222. The summed E-state index contributed by atoms with van der Waals surface area (Å²) in [6, 6.07) is 8.07. The Labute approximate surface area is 88.5 Å². The van der Waals surface area contributed by atoms with Crippen molar-refractivity contribution in [3.63, 3.8) is 0 Å². The molecule has 0 aromatic carbocycles. The van der Waals surface area contributed by atoms with Gasteiger partial charge in [-0.2, -0.15) is 31.1 Å². The van der Waals surface area contributed by atoms with E-state index in [2.05, 4.69) is 0 Å². The average Bonchev–Trinajstić information content (AvgIpc) is 2.85. The molecular weight excluding hydrogens is 224 g/mol. The van der Waals surface area contributed by atoms with Gasteiger partial charge in [0.25, 0.3) is 0 Å². The molecule has 0 bridgehead atoms. The largest absolute Gasteiger partial charge is 0.335 e. The maximum Gasteiger partial charge on any atom is 0.335 e. The van der Waals surface area contributed by atoms with Crippen LogP contribution in [-0.4, -0.2) is 8.42 Å². The molecule has 2 nitrogen and oxygen atoms in total. The van der Waals surface area contributed by atoms with Gasteiger partial charge in [-0.1, -0.05) is 24.3 Å². The van der Waals surface area contributed by atoms with Crippen LogP contribution in [0.1, 0.15) is 0 Å². The Morgan fingerprint density at radius 3 is 1.00 bits per heavy atom. The molecule has 2 heterocycles. The van der Waals surface area contributed by atoms with E-state index in [4.69, 9.17) is 8.42 Å². The molecule has 13 heavy (non-hydrogen) atoms. The van der Waals surface area contributed by atoms with Crippen molar-refractivity contribution in [1.29, 1.82) is 0 Å². The molecule has 0 amide bonds. The van der Waals surface area contributed by atoms with Gasteiger partial charge in [-0.25, -0.2) is 0 Å². The molecular formula is C8H8O2S3. The van der Waals surface area contributed by atoms with Gasteiger partial charge in [0.2, 0.25) is 0 Å². The first-order chi connectivity index (χ1) is 6.41. The summed E-state index contributed by atoms with van der Waals surface area (Å²) in [5.41, 5.74) is 0. The Kier molecular flexibility index (Phi) is 10.5. The van der Waals surface area contributed by atoms with Crippen LogP contribution in [0.3, 0.4) is 0 Å². The normalized spacial score (nSPS) is 7.08. The minimum atomic E-state index is -0.750. The van der Waals surface area contributed by atoms with Crippen LogP contribution in [0.5, 0.6) is 0 Å². The Morgan fingerprint density at radius 2 is 0.923 bits per heavy atom. The topological polar surface area (TPSA) is 34.1 Å². The predicted octanol–water partition coefficient (Wildman–Crippen LogP) is 2.83. The number of thiophene rings is 2. The lowest BCUT2D eigenvalue weighted by atomic mass is 10.7. The lowest BCUT2D eigenvalue weighted by Crippen LogP contribution is -1.18. The van der Waals surface area contributed by atoms with Gasteiger partial charge in [0, 0.05) is 0 Å². The van der Waals surface area contributed by atoms with Gasteiger partial charge in [0.05, 0.1) is 0 Å². The van der Waals surface area contributed by atoms with Crippen molar-refractivity contribution >= 4 is 34.2 Å². The smallest absolute Gasteiger partial charge is 0.168 e. The number of hydrogen-bond donors (Lipinski definition) is 0. The molecule has 0 unspecified atom stereocenters. The standard InChI is InChI=1S/2C4H4S.O2S/c2*1-2-4-5-3-1;1-3-2/h2*1-4H;. The molecule has 0 saturated heterocycles. The molecule has 0 fully saturated rings. The number of rotatable bonds is 0. The highest BCUT2D eigenvalue weighted by Crippen LogP contribution is 1.92. The molecule has 70 valence electrons. The first-order valence-electron chi connectivity index (χ1n) is 3.28. The Hall–Kier alpha value is -0.780. The van der Waals surface area contributed by atoms with Crippen LogP contribution in [0.25, 0.3) is 0 Å². The highest BCUT2D eigenvalue weighted by Gasteiger charge is 1.59. The average molecular weight is 232 g/mol. The summed E-state index contributed by atoms with van der Waals surface area (Å²) in [6.07, 6.45) is 0. The van der Waals surface area contributed by atoms with Crippen molar-refractivity contribution in [2.24, 2.45) is 0 Å². The molecule has 0 aliphatic carbocycles. The van der Waals surface area contributed by atoms with E-state index in [0.717, 1.165) is 0 Å². The molecule has 2 aromatic heterocycles. The molecule has 0 spiro atoms. The molecule has 0 atom stereocenters. The Balaban J connectivity index is 0.000000174. The fraction of sp³-hybridized carbons (Fsp3) is 0. The van der Waals surface area contributed by atoms with Crippen molar-refractivity contribution in [2.45, 2.75) is 0 Å². The molecule has 5 heteroatoms. The van der Waals surface area contributed by atoms with Crippen LogP contribution in [0.2, 0.25) is 0 Å². The summed E-state index contributed by atoms with van der Waals surface area (Å²) in [6.45, 7) is 0. The molecule has 0 N–H and O–H groups in total. The minimum absolute atomic E-state index is 0.750. The van der Waals surface area contributed by atoms with Crippen molar-refractivity contribution < 1.29 is 8.42 Å². The molecule has 0 saturated carbocycles. The lowest BCUT2D eigenvalue weighted by Gasteiger charge is -1.39. The minimum Gasteiger partial charge on any atom is -0.168 e. The van der Waals surface area contributed by atoms with Gasteiger partial charge < -0.3 is 0 Å². The van der Waals surface area contributed by atoms with Crippen LogP contribution < -0.4 is 0 Å². The molecule has 0 aliphatic heterocycles. The second-order valence-corrected chi connectivity index (χ2v) is 3.42. The first kappa shape index (κ1) is 12.2. The number of hydrogen-bond acceptors (Lipinski definition) is 4. The molecule has 0 radical (unpaired) electrons. The highest BCUT2D eigenvalue weighted by molar-refractivity contribution is 7.51. The van der Waals surface area contributed by atoms with Gasteiger partial charge in [-0.3, -0.25) is 0 Å². The maximum absolute atomic E-state index is 8.29. The van der Waals surface area contributed by atoms with Crippen LogP contribution >= 0.6 is 22.7 Å². The third-order valence-electron chi connectivity index (χ3n) is 0.851. The van der Waals surface area contributed by atoms with Crippen LogP contribution in [0.4, 0.5) is 0 Å². The predicted molar refractivity (Wildman–Crippen MR) is 57.6 cm³/mol. The van der Waals surface area contributed by atoms with E-state index in [1.165, 1.54) is 0 Å². The molecule has 2 rings (SSSR count). The van der Waals surface area contributed by atoms with E-state index in [9.17, 15) is 0 Å². The van der Waals surface area contributed by atoms with Gasteiger partial charge in [0.15, 0.2) is 0 Å². The van der Waals surface area contributed by atoms with E-state index in [0.29, 0.717) is 0 Å². The summed E-state index contributed by atoms with van der Waals surface area (Å²) in [7, 11) is 0. The van der Waals surface area contributed by atoms with Crippen LogP contribution in [0.15, 0.2) is 45.8 Å². The van der Waals surface area contributed by atoms with E-state index >= 15 is 0 Å². The second kappa shape index (κ2) is 11.2. The van der Waals surface area contributed by atoms with Crippen LogP contribution in [-0.2, 0) is 11.6 Å². The van der Waals surface area contributed by atoms with E-state index in [1.807, 2.05) is 45.8 Å². The second-order valence-electron chi connectivity index (χ2n) is 1.65. The third kappa shape index (κ3) is 11.2. The van der Waals surface area contributed by atoms with E-state index < -0.39 is 11.6 Å². The van der Waals surface area contributed by atoms with Crippen LogP contribution in [0, 0.1) is 0 Å². The maximum atomic E-state index is 8.29. The van der Waals surface area contributed by atoms with Crippen molar-refractivity contribution in [2.75, 3.05) is 0 Å². The van der Waals surface area contributed by atoms with Crippen molar-refractivity contribution in [3.05, 3.63) is 45.8 Å². The van der Waals surface area contributed by atoms with Gasteiger partial charge in [0.1, 0.15) is 0 Å². The zero-order valence-electron chi connectivity index (χ0n) is 6.66. The summed E-state index contributed by atoms with van der Waals surface area (Å²) in [4.78, 5) is 0. The Morgan fingerprint density at radius 1 is 0.692 bits per heavy atom. The van der Waals surface area contributed by atoms with Crippen molar-refractivity contribution in [1.82, 2.24) is 0 Å². The summed E-state index contributed by atoms with van der Waals surface area (Å²) in [5.74, 6) is 0. The van der Waals surface area contributed by atoms with Crippen molar-refractivity contribution in [3.8, 4) is 0 Å². The van der Waals surface area contributed by atoms with E-state index in [-0.39, 0.29) is 0 Å². The summed E-state index contributed by atoms with van der Waals surface area (Å²) < 4.78 is 16.6. The summed E-state index contributed by atoms with van der Waals surface area (Å²) in [5, 5.41) is 8.17. The third-order valence-corrected chi connectivity index (χ3v) is 2.11. The monoisotopic (exact) mass is 232 g/mol. The molecule has 2 aromatic rings. The molecule has 0 aliphatic rings. The van der Waals surface area contributed by atoms with Gasteiger partial charge in [-0.15, -0.1) is 0 Å². The quantitative estimate of drug-likeness (QED) is 0.700. The SMILES string of the molecule is O=S=O.c1ccsc1.c1ccsc1. The van der Waals surface area contributed by atoms with Gasteiger partial charge >= 0.3 is 11.6 Å². The van der Waals surface area contributed by atoms with E-state index in [1.54, 1.807) is 22.7 Å². The zero-order chi connectivity index (χ0) is 9.78. The summed E-state index contributed by atoms with van der Waals surface area (Å²) >= 11 is 2.68. The highest BCUT2D eigenvalue weighted by atomic mass is 32.1. The van der Waals surface area contributed by atoms with Gasteiger partial charge in [-0.05, 0) is 21.5 Å². The zero-order valence-corrected chi connectivity index (χ0v) is 9.11. The fourth-order valence-corrected chi connectivity index (χ4v) is 1.36. The fourth-order valence-electron chi connectivity index (χ4n) is 0.454.